The Labute approximate surface area is 115 Å². The lowest BCUT2D eigenvalue weighted by molar-refractivity contribution is 0.807. The summed E-state index contributed by atoms with van der Waals surface area (Å²) in [6.45, 7) is 0.886. The molecule has 3 rings (SSSR count). The summed E-state index contributed by atoms with van der Waals surface area (Å²) in [6.07, 6.45) is 1.80. The first-order chi connectivity index (χ1) is 9.38. The van der Waals surface area contributed by atoms with Crippen molar-refractivity contribution < 1.29 is 0 Å². The number of thiophene rings is 1. The number of nitrogens with zero attached hydrogens (tertiary/aromatic N) is 3. The Kier molecular flexibility index (Phi) is 3.39. The van der Waals surface area contributed by atoms with Gasteiger partial charge in [0.25, 0.3) is 0 Å². The number of para-hydroxylation sites is 1. The van der Waals surface area contributed by atoms with Gasteiger partial charge in [-0.3, -0.25) is 0 Å². The molecule has 96 valence electrons. The average molecular weight is 270 g/mol. The van der Waals surface area contributed by atoms with Crippen molar-refractivity contribution in [1.29, 1.82) is 0 Å². The van der Waals surface area contributed by atoms with Crippen LogP contribution in [0.4, 0.5) is 0 Å². The summed E-state index contributed by atoms with van der Waals surface area (Å²) in [5, 5.41) is 13.5. The molecule has 0 aliphatic heterocycles. The second-order valence-corrected chi connectivity index (χ2v) is 5.19. The molecular formula is C14H14N4S. The quantitative estimate of drug-likeness (QED) is 0.792. The van der Waals surface area contributed by atoms with E-state index in [2.05, 4.69) is 27.1 Å². The first kappa shape index (κ1) is 12.1. The molecule has 0 spiro atoms. The fourth-order valence-corrected chi connectivity index (χ4v) is 2.86. The van der Waals surface area contributed by atoms with Gasteiger partial charge in [-0.1, -0.05) is 23.4 Å². The van der Waals surface area contributed by atoms with Crippen LogP contribution in [0.15, 0.2) is 48.0 Å². The monoisotopic (exact) mass is 270 g/mol. The molecule has 0 bridgehead atoms. The van der Waals surface area contributed by atoms with Gasteiger partial charge in [0, 0.05) is 22.4 Å². The minimum absolute atomic E-state index is 0.886. The van der Waals surface area contributed by atoms with Crippen LogP contribution in [0.2, 0.25) is 0 Å². The third-order valence-corrected chi connectivity index (χ3v) is 3.79. The zero-order valence-corrected chi connectivity index (χ0v) is 11.4. The Balaban J connectivity index is 1.99. The smallest absolute Gasteiger partial charge is 0.0952 e. The molecule has 1 aromatic carbocycles. The minimum atomic E-state index is 0.886. The molecule has 0 saturated carbocycles. The van der Waals surface area contributed by atoms with Gasteiger partial charge >= 0.3 is 0 Å². The average Bonchev–Trinajstić information content (AvgIpc) is 3.08. The molecular weight excluding hydrogens is 256 g/mol. The van der Waals surface area contributed by atoms with Gasteiger partial charge in [-0.25, -0.2) is 4.68 Å². The number of rotatable bonds is 4. The van der Waals surface area contributed by atoms with E-state index in [4.69, 9.17) is 0 Å². The van der Waals surface area contributed by atoms with Crippen molar-refractivity contribution in [2.45, 2.75) is 6.54 Å². The molecule has 0 atom stereocenters. The van der Waals surface area contributed by atoms with Crippen LogP contribution in [0.5, 0.6) is 0 Å². The third-order valence-electron chi connectivity index (χ3n) is 2.85. The maximum atomic E-state index is 4.17. The van der Waals surface area contributed by atoms with Gasteiger partial charge in [0.05, 0.1) is 17.6 Å². The van der Waals surface area contributed by atoms with Crippen LogP contribution in [0.1, 0.15) is 4.88 Å². The first-order valence-corrected chi connectivity index (χ1v) is 6.95. The van der Waals surface area contributed by atoms with E-state index < -0.39 is 0 Å². The Morgan fingerprint density at radius 1 is 1.26 bits per heavy atom. The largest absolute Gasteiger partial charge is 0.315 e. The molecule has 0 unspecified atom stereocenters. The van der Waals surface area contributed by atoms with Crippen molar-refractivity contribution in [2.75, 3.05) is 7.05 Å². The fourth-order valence-electron chi connectivity index (χ4n) is 1.97. The topological polar surface area (TPSA) is 42.7 Å². The van der Waals surface area contributed by atoms with Crippen molar-refractivity contribution in [3.63, 3.8) is 0 Å². The second kappa shape index (κ2) is 5.34. The van der Waals surface area contributed by atoms with Gasteiger partial charge in [-0.2, -0.15) is 0 Å². The lowest BCUT2D eigenvalue weighted by Gasteiger charge is -2.03. The summed E-state index contributed by atoms with van der Waals surface area (Å²) in [4.78, 5) is 1.30. The molecule has 1 N–H and O–H groups in total. The van der Waals surface area contributed by atoms with Crippen LogP contribution < -0.4 is 5.32 Å². The van der Waals surface area contributed by atoms with Crippen molar-refractivity contribution in [1.82, 2.24) is 20.3 Å². The van der Waals surface area contributed by atoms with Crippen LogP contribution >= 0.6 is 11.3 Å². The van der Waals surface area contributed by atoms with E-state index in [-0.39, 0.29) is 0 Å². The van der Waals surface area contributed by atoms with E-state index in [9.17, 15) is 0 Å². The zero-order chi connectivity index (χ0) is 13.1. The van der Waals surface area contributed by atoms with E-state index in [0.717, 1.165) is 23.5 Å². The standard InChI is InChI=1S/C14H14N4S/c1-15-8-13-7-11(10-19-13)14-9-16-17-18(14)12-5-3-2-4-6-12/h2-7,9-10,15H,8H2,1H3. The molecule has 3 aromatic rings. The van der Waals surface area contributed by atoms with Gasteiger partial charge < -0.3 is 5.32 Å². The second-order valence-electron chi connectivity index (χ2n) is 4.20. The van der Waals surface area contributed by atoms with Crippen LogP contribution in [0, 0.1) is 0 Å². The summed E-state index contributed by atoms with van der Waals surface area (Å²) in [5.41, 5.74) is 3.20. The highest BCUT2D eigenvalue weighted by Crippen LogP contribution is 2.26. The molecule has 4 nitrogen and oxygen atoms in total. The van der Waals surface area contributed by atoms with Crippen LogP contribution in [0.25, 0.3) is 16.9 Å². The first-order valence-electron chi connectivity index (χ1n) is 6.07. The Bertz CT molecular complexity index is 657. The maximum absolute atomic E-state index is 4.17. The summed E-state index contributed by atoms with van der Waals surface area (Å²) in [7, 11) is 1.95. The molecule has 0 radical (unpaired) electrons. The van der Waals surface area contributed by atoms with E-state index in [1.807, 2.05) is 42.1 Å². The van der Waals surface area contributed by atoms with Crippen LogP contribution in [-0.4, -0.2) is 22.0 Å². The summed E-state index contributed by atoms with van der Waals surface area (Å²) >= 11 is 1.74. The van der Waals surface area contributed by atoms with Crippen molar-refractivity contribution in [3.8, 4) is 16.9 Å². The predicted molar refractivity (Wildman–Crippen MR) is 77.4 cm³/mol. The van der Waals surface area contributed by atoms with Gasteiger partial charge in [0.15, 0.2) is 0 Å². The predicted octanol–water partition coefficient (Wildman–Crippen LogP) is 2.72. The highest BCUT2D eigenvalue weighted by molar-refractivity contribution is 7.10. The Hall–Kier alpha value is -1.98. The molecule has 0 fully saturated rings. The number of hydrogen-bond acceptors (Lipinski definition) is 4. The van der Waals surface area contributed by atoms with Gasteiger partial charge in [0.1, 0.15) is 0 Å². The van der Waals surface area contributed by atoms with Crippen molar-refractivity contribution in [3.05, 3.63) is 52.9 Å². The molecule has 0 aliphatic carbocycles. The number of nitrogens with one attached hydrogen (secondary N) is 1. The third kappa shape index (κ3) is 2.43. The maximum Gasteiger partial charge on any atom is 0.0952 e. The van der Waals surface area contributed by atoms with Gasteiger partial charge in [0.2, 0.25) is 0 Å². The molecule has 2 aromatic heterocycles. The minimum Gasteiger partial charge on any atom is -0.315 e. The fraction of sp³-hybridized carbons (Fsp3) is 0.143. The van der Waals surface area contributed by atoms with E-state index in [0.29, 0.717) is 0 Å². The Morgan fingerprint density at radius 2 is 2.11 bits per heavy atom. The molecule has 19 heavy (non-hydrogen) atoms. The van der Waals surface area contributed by atoms with Crippen molar-refractivity contribution in [2.24, 2.45) is 0 Å². The SMILES string of the molecule is CNCc1cc(-c2cnnn2-c2ccccc2)cs1. The van der Waals surface area contributed by atoms with Crippen molar-refractivity contribution >= 4 is 11.3 Å². The van der Waals surface area contributed by atoms with Crippen LogP contribution in [-0.2, 0) is 6.54 Å². The highest BCUT2D eigenvalue weighted by Gasteiger charge is 2.10. The van der Waals surface area contributed by atoms with Gasteiger partial charge in [-0.05, 0) is 25.2 Å². The summed E-state index contributed by atoms with van der Waals surface area (Å²) < 4.78 is 1.87. The van der Waals surface area contributed by atoms with E-state index in [1.165, 1.54) is 4.88 Å². The van der Waals surface area contributed by atoms with Gasteiger partial charge in [-0.15, -0.1) is 16.4 Å². The summed E-state index contributed by atoms with van der Waals surface area (Å²) in [6, 6.07) is 12.2. The normalized spacial score (nSPS) is 10.8. The molecule has 5 heteroatoms. The summed E-state index contributed by atoms with van der Waals surface area (Å²) in [5.74, 6) is 0. The molecule has 2 heterocycles. The number of hydrogen-bond donors (Lipinski definition) is 1. The molecule has 0 amide bonds. The lowest BCUT2D eigenvalue weighted by atomic mass is 10.2. The molecule has 0 aliphatic rings. The molecule has 0 saturated heterocycles. The lowest BCUT2D eigenvalue weighted by Crippen LogP contribution is -2.02. The van der Waals surface area contributed by atoms with E-state index >= 15 is 0 Å². The number of benzene rings is 1. The zero-order valence-electron chi connectivity index (χ0n) is 10.6. The van der Waals surface area contributed by atoms with Crippen LogP contribution in [0.3, 0.4) is 0 Å². The van der Waals surface area contributed by atoms with E-state index in [1.54, 1.807) is 17.5 Å². The Morgan fingerprint density at radius 3 is 2.89 bits per heavy atom. The highest BCUT2D eigenvalue weighted by atomic mass is 32.1. The number of aromatic nitrogens is 3.